The van der Waals surface area contributed by atoms with E-state index < -0.39 is 10.1 Å². The summed E-state index contributed by atoms with van der Waals surface area (Å²) < 4.78 is 26.5. The van der Waals surface area contributed by atoms with Crippen molar-refractivity contribution in [2.45, 2.75) is 13.0 Å². The fraction of sp³-hybridized carbons (Fsp3) is 0.273. The Hall–Kier alpha value is -1.13. The first kappa shape index (κ1) is 10.4. The summed E-state index contributed by atoms with van der Waals surface area (Å²) in [7, 11) is -3.36. The topological polar surface area (TPSA) is 43.4 Å². The zero-order valence-corrected chi connectivity index (χ0v) is 9.25. The van der Waals surface area contributed by atoms with Gasteiger partial charge in [-0.25, -0.2) is 0 Å². The van der Waals surface area contributed by atoms with Gasteiger partial charge >= 0.3 is 0 Å². The second-order valence-electron chi connectivity index (χ2n) is 3.56. The van der Waals surface area contributed by atoms with E-state index >= 15 is 0 Å². The summed E-state index contributed by atoms with van der Waals surface area (Å²) in [5.74, 6) is 0. The van der Waals surface area contributed by atoms with Crippen LogP contribution >= 0.6 is 0 Å². The molecule has 0 bridgehead atoms. The fourth-order valence-electron chi connectivity index (χ4n) is 1.66. The lowest BCUT2D eigenvalue weighted by atomic mass is 10.0. The van der Waals surface area contributed by atoms with Gasteiger partial charge in [0, 0.05) is 0 Å². The molecule has 0 heterocycles. The molecule has 80 valence electrons. The maximum Gasteiger partial charge on any atom is 0.264 e. The van der Waals surface area contributed by atoms with Crippen molar-refractivity contribution in [3.63, 3.8) is 0 Å². The summed E-state index contributed by atoms with van der Waals surface area (Å²) in [5.41, 5.74) is 3.25. The van der Waals surface area contributed by atoms with Gasteiger partial charge in [0.15, 0.2) is 0 Å². The average molecular weight is 224 g/mol. The quantitative estimate of drug-likeness (QED) is 0.734. The van der Waals surface area contributed by atoms with Gasteiger partial charge in [0.25, 0.3) is 10.1 Å². The summed E-state index contributed by atoms with van der Waals surface area (Å²) in [4.78, 5) is 0. The minimum absolute atomic E-state index is 0.117. The third-order valence-corrected chi connectivity index (χ3v) is 2.88. The molecular weight excluding hydrogens is 212 g/mol. The maximum atomic E-state index is 10.9. The van der Waals surface area contributed by atoms with E-state index in [4.69, 9.17) is 4.18 Å². The van der Waals surface area contributed by atoms with Crippen LogP contribution in [-0.4, -0.2) is 14.7 Å². The van der Waals surface area contributed by atoms with E-state index in [9.17, 15) is 8.42 Å². The zero-order valence-electron chi connectivity index (χ0n) is 8.43. The Morgan fingerprint density at radius 3 is 2.93 bits per heavy atom. The van der Waals surface area contributed by atoms with Crippen molar-refractivity contribution in [1.82, 2.24) is 0 Å². The Kier molecular flexibility index (Phi) is 2.63. The molecule has 3 nitrogen and oxygen atoms in total. The molecule has 0 atom stereocenters. The maximum absolute atomic E-state index is 10.9. The highest BCUT2D eigenvalue weighted by Crippen LogP contribution is 2.23. The Morgan fingerprint density at radius 1 is 1.40 bits per heavy atom. The summed E-state index contributed by atoms with van der Waals surface area (Å²) >= 11 is 0. The van der Waals surface area contributed by atoms with Crippen LogP contribution in [0.5, 0.6) is 0 Å². The van der Waals surface area contributed by atoms with Crippen LogP contribution in [0.1, 0.15) is 16.7 Å². The van der Waals surface area contributed by atoms with E-state index in [1.165, 1.54) is 5.56 Å². The van der Waals surface area contributed by atoms with Crippen molar-refractivity contribution in [1.29, 1.82) is 0 Å². The largest absolute Gasteiger partial charge is 0.265 e. The molecule has 0 aromatic heterocycles. The van der Waals surface area contributed by atoms with Crippen molar-refractivity contribution in [3.8, 4) is 0 Å². The van der Waals surface area contributed by atoms with Crippen LogP contribution in [0, 0.1) is 0 Å². The number of hydrogen-bond donors (Lipinski definition) is 0. The minimum Gasteiger partial charge on any atom is -0.265 e. The molecule has 0 spiro atoms. The number of hydrogen-bond acceptors (Lipinski definition) is 3. The molecular formula is C11H12O3S. The SMILES string of the molecule is CS(=O)(=O)OCc1cccc2c1C=CC2. The van der Waals surface area contributed by atoms with E-state index in [-0.39, 0.29) is 6.61 Å². The molecule has 1 aromatic carbocycles. The monoisotopic (exact) mass is 224 g/mol. The Morgan fingerprint density at radius 2 is 2.20 bits per heavy atom. The predicted molar refractivity (Wildman–Crippen MR) is 58.8 cm³/mol. The summed E-state index contributed by atoms with van der Waals surface area (Å²) in [6.45, 7) is 0.117. The van der Waals surface area contributed by atoms with Gasteiger partial charge in [0.2, 0.25) is 0 Å². The van der Waals surface area contributed by atoms with Gasteiger partial charge in [-0.1, -0.05) is 30.4 Å². The molecule has 0 amide bonds. The lowest BCUT2D eigenvalue weighted by molar-refractivity contribution is 0.311. The summed E-state index contributed by atoms with van der Waals surface area (Å²) in [6.07, 6.45) is 6.05. The highest BCUT2D eigenvalue weighted by molar-refractivity contribution is 7.85. The number of benzene rings is 1. The molecule has 4 heteroatoms. The summed E-state index contributed by atoms with van der Waals surface area (Å²) in [5, 5.41) is 0. The zero-order chi connectivity index (χ0) is 10.9. The molecule has 0 saturated heterocycles. The molecule has 0 fully saturated rings. The molecule has 2 rings (SSSR count). The molecule has 1 aromatic rings. The normalized spacial score (nSPS) is 14.2. The van der Waals surface area contributed by atoms with Gasteiger partial charge in [0.05, 0.1) is 12.9 Å². The third kappa shape index (κ3) is 2.46. The molecule has 0 radical (unpaired) electrons. The van der Waals surface area contributed by atoms with Crippen LogP contribution in [0.4, 0.5) is 0 Å². The van der Waals surface area contributed by atoms with Crippen molar-refractivity contribution >= 4 is 16.2 Å². The van der Waals surface area contributed by atoms with E-state index in [1.54, 1.807) is 0 Å². The molecule has 0 saturated carbocycles. The molecule has 1 aliphatic carbocycles. The molecule has 0 N–H and O–H groups in total. The van der Waals surface area contributed by atoms with Crippen LogP contribution in [-0.2, 0) is 27.3 Å². The van der Waals surface area contributed by atoms with Crippen LogP contribution in [0.15, 0.2) is 24.3 Å². The van der Waals surface area contributed by atoms with Gasteiger partial charge < -0.3 is 0 Å². The van der Waals surface area contributed by atoms with Gasteiger partial charge in [-0.05, 0) is 23.1 Å². The van der Waals surface area contributed by atoms with E-state index in [0.29, 0.717) is 0 Å². The van der Waals surface area contributed by atoms with Gasteiger partial charge in [-0.15, -0.1) is 0 Å². The highest BCUT2D eigenvalue weighted by Gasteiger charge is 2.11. The molecule has 0 aliphatic heterocycles. The van der Waals surface area contributed by atoms with E-state index in [0.717, 1.165) is 23.8 Å². The summed E-state index contributed by atoms with van der Waals surface area (Å²) in [6, 6.07) is 5.85. The van der Waals surface area contributed by atoms with Crippen LogP contribution in [0.3, 0.4) is 0 Å². The molecule has 0 unspecified atom stereocenters. The van der Waals surface area contributed by atoms with E-state index in [1.807, 2.05) is 24.3 Å². The van der Waals surface area contributed by atoms with Gasteiger partial charge in [-0.2, -0.15) is 8.42 Å². The lowest BCUT2D eigenvalue weighted by Gasteiger charge is -2.06. The fourth-order valence-corrected chi connectivity index (χ4v) is 2.00. The Labute approximate surface area is 89.5 Å². The Balaban J connectivity index is 2.23. The van der Waals surface area contributed by atoms with Gasteiger partial charge in [-0.3, -0.25) is 4.18 Å². The lowest BCUT2D eigenvalue weighted by Crippen LogP contribution is -2.04. The molecule has 15 heavy (non-hydrogen) atoms. The van der Waals surface area contributed by atoms with E-state index in [2.05, 4.69) is 6.08 Å². The first-order valence-electron chi connectivity index (χ1n) is 4.68. The number of fused-ring (bicyclic) bond motifs is 1. The molecule has 1 aliphatic rings. The highest BCUT2D eigenvalue weighted by atomic mass is 32.2. The Bertz CT molecular complexity index is 501. The number of rotatable bonds is 3. The van der Waals surface area contributed by atoms with Crippen molar-refractivity contribution in [2.24, 2.45) is 0 Å². The van der Waals surface area contributed by atoms with Crippen molar-refractivity contribution in [3.05, 3.63) is 41.0 Å². The van der Waals surface area contributed by atoms with Gasteiger partial charge in [0.1, 0.15) is 0 Å². The first-order valence-corrected chi connectivity index (χ1v) is 6.49. The third-order valence-electron chi connectivity index (χ3n) is 2.34. The second-order valence-corrected chi connectivity index (χ2v) is 5.21. The van der Waals surface area contributed by atoms with Crippen molar-refractivity contribution < 1.29 is 12.6 Å². The smallest absolute Gasteiger partial charge is 0.264 e. The van der Waals surface area contributed by atoms with Crippen molar-refractivity contribution in [2.75, 3.05) is 6.26 Å². The standard InChI is InChI=1S/C11H12O3S/c1-15(12,13)14-8-10-6-2-4-9-5-3-7-11(9)10/h2-4,6-7H,5,8H2,1H3. The van der Waals surface area contributed by atoms with Crippen LogP contribution in [0.25, 0.3) is 6.08 Å². The average Bonchev–Trinajstić information content (AvgIpc) is 2.61. The first-order chi connectivity index (χ1) is 7.06. The van der Waals surface area contributed by atoms with Crippen LogP contribution < -0.4 is 0 Å². The van der Waals surface area contributed by atoms with Crippen LogP contribution in [0.2, 0.25) is 0 Å². The number of allylic oxidation sites excluding steroid dienone is 1. The second kappa shape index (κ2) is 3.79. The predicted octanol–water partition coefficient (Wildman–Crippen LogP) is 1.73. The minimum atomic E-state index is -3.36.